The van der Waals surface area contributed by atoms with Crippen molar-refractivity contribution in [1.29, 1.82) is 0 Å². The molecule has 0 aromatic heterocycles. The number of methoxy groups -OCH3 is 1. The summed E-state index contributed by atoms with van der Waals surface area (Å²) in [6.07, 6.45) is -5.73. The van der Waals surface area contributed by atoms with Crippen LogP contribution in [0.15, 0.2) is 41.5 Å². The van der Waals surface area contributed by atoms with E-state index in [1.54, 1.807) is 58.0 Å². The van der Waals surface area contributed by atoms with E-state index in [1.165, 1.54) is 14.0 Å². The van der Waals surface area contributed by atoms with E-state index in [0.717, 1.165) is 0 Å². The predicted octanol–water partition coefficient (Wildman–Crippen LogP) is 1.94. The van der Waals surface area contributed by atoms with Gasteiger partial charge in [0, 0.05) is 42.6 Å². The first kappa shape index (κ1) is 27.8. The molecule has 1 aromatic rings. The second-order valence-corrected chi connectivity index (χ2v) is 13.2. The van der Waals surface area contributed by atoms with Crippen molar-refractivity contribution in [2.45, 2.75) is 94.2 Å². The summed E-state index contributed by atoms with van der Waals surface area (Å²) in [5.41, 5.74) is -3.94. The third-order valence-corrected chi connectivity index (χ3v) is 11.6. The minimum atomic E-state index is -1.95. The SMILES string of the molecule is CO[C@H]1C(=O)[C@]2(C)[C@@H](O)C[C@H]3OC[C@]34B(C(C)=O)[C@@]42[C@H](OC(=O)c2ccccc2)[C@]2(O)C[C@H](O)C(C)=C1C2(C)C. The maximum absolute atomic E-state index is 14.8. The Bertz CT molecular complexity index is 1340. The Morgan fingerprint density at radius 3 is 2.33 bits per heavy atom. The highest BCUT2D eigenvalue weighted by Crippen LogP contribution is 2.93. The Kier molecular flexibility index (Phi) is 5.80. The summed E-state index contributed by atoms with van der Waals surface area (Å²) in [5, 5.41) is 33.6. The third-order valence-electron chi connectivity index (χ3n) is 11.6. The number of ketones is 1. The standard InChI is InChI=1S/C30H37BO9/c1-15-18(33)13-29(37)25(40-24(36)17-10-8-7-9-11-17)30-27(5,23(35)22(38-6)21(15)26(29,3)4)19(34)12-20-28(30,14-39-20)31(30)16(2)32/h7-11,18-20,22,25,33-34,37H,12-14H2,1-6H3/t18-,19-,20+,22+,25+,27-,28-,29+,30+/m0/s1. The zero-order valence-electron chi connectivity index (χ0n) is 23.8. The molecular weight excluding hydrogens is 515 g/mol. The summed E-state index contributed by atoms with van der Waals surface area (Å²) in [4.78, 5) is 42.1. The zero-order chi connectivity index (χ0) is 29.2. The van der Waals surface area contributed by atoms with Crippen LogP contribution in [0.3, 0.4) is 0 Å². The predicted molar refractivity (Wildman–Crippen MR) is 144 cm³/mol. The molecule has 9 nitrogen and oxygen atoms in total. The summed E-state index contributed by atoms with van der Waals surface area (Å²) in [6, 6.07) is 8.31. The molecule has 2 heterocycles. The minimum absolute atomic E-state index is 0.117. The molecule has 6 rings (SSSR count). The van der Waals surface area contributed by atoms with Crippen LogP contribution < -0.4 is 0 Å². The molecule has 2 saturated carbocycles. The van der Waals surface area contributed by atoms with Crippen LogP contribution in [0, 0.1) is 10.8 Å². The van der Waals surface area contributed by atoms with Crippen LogP contribution in [0.2, 0.25) is 10.6 Å². The van der Waals surface area contributed by atoms with E-state index in [4.69, 9.17) is 14.2 Å². The molecule has 40 heavy (non-hydrogen) atoms. The van der Waals surface area contributed by atoms with Gasteiger partial charge in [0.1, 0.15) is 17.8 Å². The Labute approximate surface area is 234 Å². The van der Waals surface area contributed by atoms with Crippen LogP contribution in [0.5, 0.6) is 0 Å². The monoisotopic (exact) mass is 552 g/mol. The molecule has 3 aliphatic carbocycles. The van der Waals surface area contributed by atoms with Crippen LogP contribution in [0.25, 0.3) is 0 Å². The lowest BCUT2D eigenvalue weighted by Crippen LogP contribution is -2.72. The fourth-order valence-corrected chi connectivity index (χ4v) is 9.64. The number of esters is 1. The van der Waals surface area contributed by atoms with E-state index in [2.05, 4.69) is 0 Å². The van der Waals surface area contributed by atoms with Gasteiger partial charge in [-0.2, -0.15) is 0 Å². The first-order valence-corrected chi connectivity index (χ1v) is 13.9. The number of aliphatic hydroxyl groups excluding tert-OH is 2. The van der Waals surface area contributed by atoms with E-state index in [-0.39, 0.29) is 30.7 Å². The molecule has 9 atom stereocenters. The van der Waals surface area contributed by atoms with E-state index in [0.29, 0.717) is 11.1 Å². The Morgan fingerprint density at radius 2 is 1.77 bits per heavy atom. The number of fused-ring (bicyclic) bond motifs is 2. The van der Waals surface area contributed by atoms with Crippen LogP contribution >= 0.6 is 0 Å². The smallest absolute Gasteiger partial charge is 0.338 e. The molecule has 0 amide bonds. The highest BCUT2D eigenvalue weighted by molar-refractivity contribution is 7.04. The molecule has 4 fully saturated rings. The number of carbonyl (C=O) groups is 3. The fraction of sp³-hybridized carbons (Fsp3) is 0.633. The second-order valence-electron chi connectivity index (χ2n) is 13.2. The largest absolute Gasteiger partial charge is 0.456 e. The van der Waals surface area contributed by atoms with Crippen molar-refractivity contribution in [1.82, 2.24) is 0 Å². The first-order valence-electron chi connectivity index (χ1n) is 13.9. The van der Waals surface area contributed by atoms with E-state index in [9.17, 15) is 29.7 Å². The molecular formula is C30H37BO9. The van der Waals surface area contributed by atoms with Crippen LogP contribution in [-0.2, 0) is 23.8 Å². The van der Waals surface area contributed by atoms with Gasteiger partial charge in [0.15, 0.2) is 5.78 Å². The maximum Gasteiger partial charge on any atom is 0.338 e. The van der Waals surface area contributed by atoms with Gasteiger partial charge in [-0.1, -0.05) is 32.0 Å². The minimum Gasteiger partial charge on any atom is -0.456 e. The van der Waals surface area contributed by atoms with E-state index >= 15 is 0 Å². The number of benzene rings is 1. The topological polar surface area (TPSA) is 140 Å². The number of ether oxygens (including phenoxy) is 3. The molecule has 0 unspecified atom stereocenters. The maximum atomic E-state index is 14.8. The van der Waals surface area contributed by atoms with Crippen molar-refractivity contribution in [3.63, 3.8) is 0 Å². The van der Waals surface area contributed by atoms with Gasteiger partial charge < -0.3 is 34.3 Å². The second kappa shape index (κ2) is 8.35. The van der Waals surface area contributed by atoms with Gasteiger partial charge >= 0.3 is 5.97 Å². The Morgan fingerprint density at radius 1 is 1.12 bits per heavy atom. The highest BCUT2D eigenvalue weighted by Gasteiger charge is 2.99. The molecule has 3 N–H and O–H groups in total. The van der Waals surface area contributed by atoms with Gasteiger partial charge in [-0.3, -0.25) is 4.79 Å². The van der Waals surface area contributed by atoms with Gasteiger partial charge in [0.2, 0.25) is 6.71 Å². The van der Waals surface area contributed by atoms with Crippen LogP contribution in [-0.4, -0.2) is 89.3 Å². The van der Waals surface area contributed by atoms with Gasteiger partial charge in [0.05, 0.1) is 35.0 Å². The lowest BCUT2D eigenvalue weighted by molar-refractivity contribution is -0.241. The summed E-state index contributed by atoms with van der Waals surface area (Å²) in [5.74, 6) is -1.19. The van der Waals surface area contributed by atoms with Crippen LogP contribution in [0.1, 0.15) is 57.8 Å². The molecule has 1 aromatic carbocycles. The highest BCUT2D eigenvalue weighted by atomic mass is 16.6. The molecule has 2 bridgehead atoms. The summed E-state index contributed by atoms with van der Waals surface area (Å²) in [7, 11) is 1.39. The average molecular weight is 552 g/mol. The molecule has 10 heteroatoms. The Balaban J connectivity index is 1.70. The molecule has 0 radical (unpaired) electrons. The quantitative estimate of drug-likeness (QED) is 0.291. The number of rotatable bonds is 4. The van der Waals surface area contributed by atoms with Crippen molar-refractivity contribution in [3.05, 3.63) is 47.0 Å². The van der Waals surface area contributed by atoms with Crippen molar-refractivity contribution >= 4 is 24.1 Å². The number of hydrogen-bond acceptors (Lipinski definition) is 9. The lowest BCUT2D eigenvalue weighted by Gasteiger charge is -2.65. The first-order chi connectivity index (χ1) is 18.7. The third kappa shape index (κ3) is 2.80. The van der Waals surface area contributed by atoms with Crippen molar-refractivity contribution in [2.75, 3.05) is 13.7 Å². The van der Waals surface area contributed by atoms with E-state index in [1.807, 2.05) is 0 Å². The fourth-order valence-electron chi connectivity index (χ4n) is 9.64. The molecule has 2 saturated heterocycles. The van der Waals surface area contributed by atoms with Crippen molar-refractivity contribution in [2.24, 2.45) is 10.8 Å². The van der Waals surface area contributed by atoms with Gasteiger partial charge in [-0.05, 0) is 44.1 Å². The molecule has 214 valence electrons. The van der Waals surface area contributed by atoms with Gasteiger partial charge in [-0.25, -0.2) is 4.79 Å². The Hall–Kier alpha value is -2.37. The van der Waals surface area contributed by atoms with E-state index < -0.39 is 76.0 Å². The summed E-state index contributed by atoms with van der Waals surface area (Å²) >= 11 is 0. The lowest BCUT2D eigenvalue weighted by atomic mass is 9.40. The molecule has 2 aliphatic heterocycles. The van der Waals surface area contributed by atoms with Gasteiger partial charge in [-0.15, -0.1) is 0 Å². The van der Waals surface area contributed by atoms with Crippen LogP contribution in [0.4, 0.5) is 0 Å². The molecule has 5 aliphatic rings. The summed E-state index contributed by atoms with van der Waals surface area (Å²) in [6.45, 7) is 7.56. The normalized spacial score (nSPS) is 44.8. The number of Topliss-reactive ketones (excluding diaryl/α,β-unsaturated/α-hetero) is 1. The zero-order valence-corrected chi connectivity index (χ0v) is 23.8. The number of hydrogen-bond donors (Lipinski definition) is 3. The van der Waals surface area contributed by atoms with Gasteiger partial charge in [0.25, 0.3) is 0 Å². The van der Waals surface area contributed by atoms with Crippen molar-refractivity contribution in [3.8, 4) is 0 Å². The summed E-state index contributed by atoms with van der Waals surface area (Å²) < 4.78 is 18.1. The molecule has 2 spiro atoms. The number of carbonyl (C=O) groups excluding carboxylic acids is 3. The number of aliphatic hydroxyl groups is 3. The average Bonchev–Trinajstić information content (AvgIpc) is 3.58. The van der Waals surface area contributed by atoms with Crippen molar-refractivity contribution < 1.29 is 43.9 Å².